The summed E-state index contributed by atoms with van der Waals surface area (Å²) in [5, 5.41) is 15.6. The summed E-state index contributed by atoms with van der Waals surface area (Å²) in [6, 6.07) is 1.91. The first-order valence-electron chi connectivity index (χ1n) is 6.34. The largest absolute Gasteiger partial charge is 0.337 e. The number of hydrogen-bond donors (Lipinski definition) is 1. The van der Waals surface area contributed by atoms with Gasteiger partial charge in [0.15, 0.2) is 0 Å². The highest BCUT2D eigenvalue weighted by Crippen LogP contribution is 2.21. The number of hydrogen-bond acceptors (Lipinski definition) is 6. The molecule has 0 aliphatic carbocycles. The molecular weight excluding hydrogens is 246 g/mol. The monoisotopic (exact) mass is 263 g/mol. The lowest BCUT2D eigenvalue weighted by Crippen LogP contribution is -2.35. The van der Waals surface area contributed by atoms with Crippen LogP contribution in [0.15, 0.2) is 4.52 Å². The minimum Gasteiger partial charge on any atom is -0.337 e. The zero-order valence-electron chi connectivity index (χ0n) is 11.1. The summed E-state index contributed by atoms with van der Waals surface area (Å²) in [6.45, 7) is 2.73. The number of nitrogens with zero attached hydrogens (tertiary/aromatic N) is 4. The molecule has 1 aromatic rings. The lowest BCUT2D eigenvalue weighted by atomic mass is 10.2. The molecule has 1 aliphatic rings. The summed E-state index contributed by atoms with van der Waals surface area (Å²) in [5.74, 6) is 0.189. The van der Waals surface area contributed by atoms with E-state index >= 15 is 0 Å². The molecular formula is C12H17N5O2. The Balaban J connectivity index is 2.05. The Bertz CT molecular complexity index is 487. The van der Waals surface area contributed by atoms with Crippen LogP contribution >= 0.6 is 0 Å². The molecule has 0 saturated carbocycles. The van der Waals surface area contributed by atoms with E-state index in [1.54, 1.807) is 14.0 Å². The van der Waals surface area contributed by atoms with Crippen molar-refractivity contribution in [2.45, 2.75) is 38.3 Å². The molecule has 1 saturated heterocycles. The van der Waals surface area contributed by atoms with Gasteiger partial charge < -0.3 is 14.7 Å². The van der Waals surface area contributed by atoms with Crippen molar-refractivity contribution in [2.24, 2.45) is 0 Å². The topological polar surface area (TPSA) is 95.0 Å². The lowest BCUT2D eigenvalue weighted by Gasteiger charge is -2.20. The number of nitrogens with one attached hydrogen (secondary N) is 1. The fourth-order valence-electron chi connectivity index (χ4n) is 1.99. The van der Waals surface area contributed by atoms with Crippen molar-refractivity contribution in [1.29, 1.82) is 5.26 Å². The van der Waals surface area contributed by atoms with Crippen LogP contribution in [-0.2, 0) is 0 Å². The molecule has 1 N–H and O–H groups in total. The van der Waals surface area contributed by atoms with Crippen LogP contribution in [0.5, 0.6) is 0 Å². The summed E-state index contributed by atoms with van der Waals surface area (Å²) in [5.41, 5.74) is 0. The third kappa shape index (κ3) is 2.90. The van der Waals surface area contributed by atoms with Gasteiger partial charge in [-0.15, -0.1) is 0 Å². The average Bonchev–Trinajstić information content (AvgIpc) is 3.07. The van der Waals surface area contributed by atoms with E-state index in [1.165, 1.54) is 4.90 Å². The van der Waals surface area contributed by atoms with Gasteiger partial charge in [0.25, 0.3) is 11.7 Å². The van der Waals surface area contributed by atoms with Crippen molar-refractivity contribution < 1.29 is 9.32 Å². The van der Waals surface area contributed by atoms with Gasteiger partial charge in [0.1, 0.15) is 0 Å². The van der Waals surface area contributed by atoms with Gasteiger partial charge in [-0.2, -0.15) is 10.2 Å². The van der Waals surface area contributed by atoms with Crippen molar-refractivity contribution >= 4 is 5.91 Å². The predicted octanol–water partition coefficient (Wildman–Crippen LogP) is 0.868. The second-order valence-corrected chi connectivity index (χ2v) is 4.73. The zero-order valence-corrected chi connectivity index (χ0v) is 11.1. The van der Waals surface area contributed by atoms with Crippen molar-refractivity contribution in [3.8, 4) is 6.07 Å². The molecule has 7 nitrogen and oxygen atoms in total. The quantitative estimate of drug-likeness (QED) is 0.866. The van der Waals surface area contributed by atoms with Crippen LogP contribution in [0.3, 0.4) is 0 Å². The Morgan fingerprint density at radius 2 is 2.53 bits per heavy atom. The fraction of sp³-hybridized carbons (Fsp3) is 0.667. The summed E-state index contributed by atoms with van der Waals surface area (Å²) in [4.78, 5) is 17.7. The number of carbonyl (C=O) groups excluding carboxylic acids is 1. The van der Waals surface area contributed by atoms with Crippen molar-refractivity contribution in [3.63, 3.8) is 0 Å². The molecule has 2 heterocycles. The van der Waals surface area contributed by atoms with Crippen LogP contribution in [0.2, 0.25) is 0 Å². The fourth-order valence-corrected chi connectivity index (χ4v) is 1.99. The van der Waals surface area contributed by atoms with Crippen LogP contribution < -0.4 is 5.32 Å². The second-order valence-electron chi connectivity index (χ2n) is 4.73. The van der Waals surface area contributed by atoms with Gasteiger partial charge in [-0.1, -0.05) is 5.16 Å². The molecule has 2 rings (SSSR count). The molecule has 1 aliphatic heterocycles. The highest BCUT2D eigenvalue weighted by molar-refractivity contribution is 5.90. The van der Waals surface area contributed by atoms with Gasteiger partial charge in [0.05, 0.1) is 18.5 Å². The normalized spacial score (nSPS) is 19.9. The Kier molecular flexibility index (Phi) is 4.12. The molecule has 2 atom stereocenters. The standard InChI is InChI=1S/C12H17N5O2/c1-8(5-6-13)17(2)12(18)10-15-11(19-16-10)9-4-3-7-14-9/h8-9,14H,3-5,7H2,1-2H3. The Hall–Kier alpha value is -1.94. The van der Waals surface area contributed by atoms with Gasteiger partial charge >= 0.3 is 0 Å². The minimum atomic E-state index is -0.323. The van der Waals surface area contributed by atoms with Gasteiger partial charge in [-0.25, -0.2) is 0 Å². The minimum absolute atomic E-state index is 0.0517. The van der Waals surface area contributed by atoms with Crippen LogP contribution in [0, 0.1) is 11.3 Å². The molecule has 7 heteroatoms. The van der Waals surface area contributed by atoms with Crippen molar-refractivity contribution in [2.75, 3.05) is 13.6 Å². The average molecular weight is 263 g/mol. The third-order valence-electron chi connectivity index (χ3n) is 3.36. The molecule has 1 aromatic heterocycles. The number of amides is 1. The number of carbonyl (C=O) groups is 1. The molecule has 1 amide bonds. The lowest BCUT2D eigenvalue weighted by molar-refractivity contribution is 0.0730. The maximum absolute atomic E-state index is 12.1. The predicted molar refractivity (Wildman–Crippen MR) is 66.1 cm³/mol. The van der Waals surface area contributed by atoms with Crippen LogP contribution in [0.4, 0.5) is 0 Å². The maximum Gasteiger partial charge on any atom is 0.295 e. The molecule has 0 radical (unpaired) electrons. The molecule has 102 valence electrons. The van der Waals surface area contributed by atoms with Crippen LogP contribution in [0.25, 0.3) is 0 Å². The number of aromatic nitrogens is 2. The first kappa shape index (κ1) is 13.5. The summed E-state index contributed by atoms with van der Waals surface area (Å²) < 4.78 is 5.12. The van der Waals surface area contributed by atoms with E-state index in [0.717, 1.165) is 19.4 Å². The molecule has 0 aromatic carbocycles. The van der Waals surface area contributed by atoms with E-state index in [9.17, 15) is 4.79 Å². The summed E-state index contributed by atoms with van der Waals surface area (Å²) in [6.07, 6.45) is 2.28. The molecule has 0 bridgehead atoms. The summed E-state index contributed by atoms with van der Waals surface area (Å²) >= 11 is 0. The van der Waals surface area contributed by atoms with Gasteiger partial charge in [-0.05, 0) is 26.3 Å². The van der Waals surface area contributed by atoms with Crippen LogP contribution in [-0.4, -0.2) is 40.6 Å². The van der Waals surface area contributed by atoms with Crippen LogP contribution in [0.1, 0.15) is 48.7 Å². The SMILES string of the molecule is CC(CC#N)N(C)C(=O)c1noc(C2CCCN2)n1. The Morgan fingerprint density at radius 1 is 1.74 bits per heavy atom. The maximum atomic E-state index is 12.1. The highest BCUT2D eigenvalue weighted by Gasteiger charge is 2.26. The molecule has 1 fully saturated rings. The van der Waals surface area contributed by atoms with Gasteiger partial charge in [0.2, 0.25) is 5.89 Å². The van der Waals surface area contributed by atoms with E-state index in [1.807, 2.05) is 6.07 Å². The van der Waals surface area contributed by atoms with E-state index in [4.69, 9.17) is 9.78 Å². The van der Waals surface area contributed by atoms with Gasteiger partial charge in [-0.3, -0.25) is 4.79 Å². The van der Waals surface area contributed by atoms with E-state index in [-0.39, 0.29) is 30.2 Å². The van der Waals surface area contributed by atoms with E-state index < -0.39 is 0 Å². The van der Waals surface area contributed by atoms with E-state index in [0.29, 0.717) is 5.89 Å². The Morgan fingerprint density at radius 3 is 3.16 bits per heavy atom. The number of rotatable bonds is 4. The highest BCUT2D eigenvalue weighted by atomic mass is 16.5. The number of nitriles is 1. The van der Waals surface area contributed by atoms with Gasteiger partial charge in [0, 0.05) is 13.1 Å². The Labute approximate surface area is 111 Å². The smallest absolute Gasteiger partial charge is 0.295 e. The van der Waals surface area contributed by atoms with Crippen molar-refractivity contribution in [3.05, 3.63) is 11.7 Å². The molecule has 19 heavy (non-hydrogen) atoms. The zero-order chi connectivity index (χ0) is 13.8. The summed E-state index contributed by atoms with van der Waals surface area (Å²) in [7, 11) is 1.63. The first-order chi connectivity index (χ1) is 9.13. The first-order valence-corrected chi connectivity index (χ1v) is 6.34. The van der Waals surface area contributed by atoms with E-state index in [2.05, 4.69) is 15.5 Å². The second kappa shape index (κ2) is 5.80. The molecule has 0 spiro atoms. The molecule has 2 unspecified atom stereocenters. The van der Waals surface area contributed by atoms with Crippen molar-refractivity contribution in [1.82, 2.24) is 20.4 Å². The third-order valence-corrected chi connectivity index (χ3v) is 3.36.